The summed E-state index contributed by atoms with van der Waals surface area (Å²) >= 11 is 0. The minimum absolute atomic E-state index is 0. The normalized spacial score (nSPS) is 10.5. The molecular weight excluding hydrogens is 257 g/mol. The number of carboxylic acids is 2. The van der Waals surface area contributed by atoms with Gasteiger partial charge in [0.15, 0.2) is 0 Å². The van der Waals surface area contributed by atoms with Crippen molar-refractivity contribution in [2.75, 3.05) is 0 Å². The van der Waals surface area contributed by atoms with Crippen LogP contribution in [0, 0.1) is 0 Å². The number of carboxylic acid groups (broad SMARTS) is 2. The molecule has 0 aromatic heterocycles. The first kappa shape index (κ1) is 19.5. The zero-order chi connectivity index (χ0) is 12.2. The van der Waals surface area contributed by atoms with Gasteiger partial charge in [-0.25, -0.2) is 4.79 Å². The van der Waals surface area contributed by atoms with E-state index in [1.54, 1.807) is 0 Å². The molecule has 1 unspecified atom stereocenters. The molecule has 0 aliphatic heterocycles. The Morgan fingerprint density at radius 1 is 0.933 bits per heavy atom. The summed E-state index contributed by atoms with van der Waals surface area (Å²) in [6, 6.07) is 0. The standard InChI is InChI=1S/2C2HF3O2.H3P/c2*3-2(4,5)1(6)7;/h2*(H,6,7);1H3. The second kappa shape index (κ2) is 6.44. The topological polar surface area (TPSA) is 77.4 Å². The van der Waals surface area contributed by atoms with Crippen molar-refractivity contribution in [1.29, 1.82) is 0 Å². The Morgan fingerprint density at radius 2 is 1.07 bits per heavy atom. The highest BCUT2D eigenvalue weighted by atomic mass is 31.0. The van der Waals surface area contributed by atoms with Crippen LogP contribution >= 0.6 is 9.90 Å². The molecule has 0 saturated carbocycles. The molecule has 0 amide bonds. The van der Waals surface area contributed by atoms with Gasteiger partial charge in [-0.3, -0.25) is 0 Å². The third kappa shape index (κ3) is 12.9. The van der Waals surface area contributed by atoms with Gasteiger partial charge in [-0.05, 0) is 9.90 Å². The summed E-state index contributed by atoms with van der Waals surface area (Å²) in [6.07, 6.45) is -10.3. The van der Waals surface area contributed by atoms with Gasteiger partial charge in [0.25, 0.3) is 0 Å². The summed E-state index contributed by atoms with van der Waals surface area (Å²) in [7, 11) is 0. The van der Waals surface area contributed by atoms with E-state index in [2.05, 4.69) is 0 Å². The molecule has 0 fully saturated rings. The Balaban J connectivity index is -0.000000180. The molecule has 1 N–H and O–H groups in total. The molecule has 92 valence electrons. The molecule has 1 atom stereocenters. The van der Waals surface area contributed by atoms with Gasteiger partial charge in [-0.15, -0.1) is 0 Å². The number of alkyl halides is 6. The monoisotopic (exact) mass is 262 g/mol. The lowest BCUT2D eigenvalue weighted by molar-refractivity contribution is -0.344. The zero-order valence-corrected chi connectivity index (χ0v) is 8.94. The molecule has 0 aromatic rings. The van der Waals surface area contributed by atoms with Gasteiger partial charge in [0.1, 0.15) is 5.97 Å². The van der Waals surface area contributed by atoms with Crippen molar-refractivity contribution >= 4 is 21.8 Å². The summed E-state index contributed by atoms with van der Waals surface area (Å²) in [6.45, 7) is 0. The smallest absolute Gasteiger partial charge is 0.490 e. The minimum atomic E-state index is -5.19. The molecule has 0 aliphatic carbocycles. The molecule has 0 aromatic carbocycles. The van der Waals surface area contributed by atoms with E-state index < -0.39 is 24.3 Å². The molecule has 0 bridgehead atoms. The van der Waals surface area contributed by atoms with Crippen LogP contribution in [0.5, 0.6) is 0 Å². The molecule has 4 nitrogen and oxygen atoms in total. The van der Waals surface area contributed by atoms with Crippen LogP contribution in [0.2, 0.25) is 0 Å². The Morgan fingerprint density at radius 3 is 1.07 bits per heavy atom. The van der Waals surface area contributed by atoms with Gasteiger partial charge in [-0.2, -0.15) is 26.3 Å². The summed E-state index contributed by atoms with van der Waals surface area (Å²) in [4.78, 5) is 17.7. The quantitative estimate of drug-likeness (QED) is 0.481. The van der Waals surface area contributed by atoms with E-state index in [1.165, 1.54) is 0 Å². The van der Waals surface area contributed by atoms with Crippen LogP contribution in [0.25, 0.3) is 0 Å². The third-order valence-corrected chi connectivity index (χ3v) is 0.474. The van der Waals surface area contributed by atoms with Crippen LogP contribution in [0.4, 0.5) is 26.3 Å². The number of carbonyl (C=O) groups excluding carboxylic acids is 1. The number of hydrogen-bond acceptors (Lipinski definition) is 3. The lowest BCUT2D eigenvalue weighted by Gasteiger charge is -2.03. The number of carbonyl (C=O) groups is 2. The first-order valence-electron chi connectivity index (χ1n) is 2.47. The summed E-state index contributed by atoms with van der Waals surface area (Å²) in [5.74, 6) is -5.76. The third-order valence-electron chi connectivity index (χ3n) is 0.474. The SMILES string of the molecule is O=C(O)C(F)(F)F.O=C([O-])C(F)(F)F.[PH4+]. The fourth-order valence-corrected chi connectivity index (χ4v) is 0. The predicted octanol–water partition coefficient (Wildman–Crippen LogP) is -0.278. The van der Waals surface area contributed by atoms with Crippen LogP contribution in [0.1, 0.15) is 0 Å². The van der Waals surface area contributed by atoms with Crippen LogP contribution < -0.4 is 5.11 Å². The Hall–Kier alpha value is -1.05. The number of hydrogen-bond donors (Lipinski definition) is 1. The van der Waals surface area contributed by atoms with Crippen LogP contribution in [0.15, 0.2) is 0 Å². The molecule has 0 radical (unpaired) electrons. The lowest BCUT2D eigenvalue weighted by atomic mass is 10.7. The average molecular weight is 262 g/mol. The molecule has 11 heteroatoms. The van der Waals surface area contributed by atoms with Gasteiger partial charge in [0.05, 0.1) is 0 Å². The van der Waals surface area contributed by atoms with Gasteiger partial charge in [0, 0.05) is 0 Å². The van der Waals surface area contributed by atoms with E-state index in [9.17, 15) is 26.3 Å². The molecule has 0 heterocycles. The van der Waals surface area contributed by atoms with Crippen LogP contribution in [-0.4, -0.2) is 29.4 Å². The van der Waals surface area contributed by atoms with E-state index in [0.717, 1.165) is 0 Å². The summed E-state index contributed by atoms with van der Waals surface area (Å²) in [5.41, 5.74) is 0. The molecule has 0 rings (SSSR count). The maximum Gasteiger partial charge on any atom is 0.490 e. The maximum absolute atomic E-state index is 10.6. The van der Waals surface area contributed by atoms with Crippen molar-refractivity contribution in [1.82, 2.24) is 0 Å². The van der Waals surface area contributed by atoms with Crippen molar-refractivity contribution in [3.05, 3.63) is 0 Å². The second-order valence-electron chi connectivity index (χ2n) is 1.59. The van der Waals surface area contributed by atoms with Crippen molar-refractivity contribution in [2.24, 2.45) is 0 Å². The Labute approximate surface area is 81.5 Å². The van der Waals surface area contributed by atoms with E-state index in [1.807, 2.05) is 0 Å². The molecule has 0 spiro atoms. The molecular formula is C4H5F6O4P. The van der Waals surface area contributed by atoms with Crippen molar-refractivity contribution in [2.45, 2.75) is 12.4 Å². The number of rotatable bonds is 0. The fraction of sp³-hybridized carbons (Fsp3) is 0.500. The minimum Gasteiger partial charge on any atom is -0.542 e. The Bertz CT molecular complexity index is 196. The first-order chi connectivity index (χ1) is 5.89. The van der Waals surface area contributed by atoms with Gasteiger partial charge in [-0.1, -0.05) is 0 Å². The fourth-order valence-electron chi connectivity index (χ4n) is 0. The van der Waals surface area contributed by atoms with Crippen molar-refractivity contribution in [3.63, 3.8) is 0 Å². The first-order valence-corrected chi connectivity index (χ1v) is 2.47. The number of halogens is 6. The van der Waals surface area contributed by atoms with E-state index >= 15 is 0 Å². The average Bonchev–Trinajstić information content (AvgIpc) is 1.83. The summed E-state index contributed by atoms with van der Waals surface area (Å²) in [5, 5.41) is 15.9. The second-order valence-corrected chi connectivity index (χ2v) is 1.59. The largest absolute Gasteiger partial charge is 0.542 e. The van der Waals surface area contributed by atoms with Crippen molar-refractivity contribution < 1.29 is 46.1 Å². The van der Waals surface area contributed by atoms with E-state index in [4.69, 9.17) is 19.8 Å². The zero-order valence-electron chi connectivity index (χ0n) is 6.94. The Kier molecular flexibility index (Phi) is 8.37. The molecule has 0 aliphatic rings. The molecule has 0 saturated heterocycles. The highest BCUT2D eigenvalue weighted by molar-refractivity contribution is 6.92. The highest BCUT2D eigenvalue weighted by Crippen LogP contribution is 2.13. The van der Waals surface area contributed by atoms with Crippen LogP contribution in [-0.2, 0) is 9.59 Å². The lowest BCUT2D eigenvalue weighted by Crippen LogP contribution is -2.37. The highest BCUT2D eigenvalue weighted by Gasteiger charge is 2.38. The van der Waals surface area contributed by atoms with Crippen molar-refractivity contribution in [3.8, 4) is 0 Å². The summed E-state index contributed by atoms with van der Waals surface area (Å²) < 4.78 is 63.3. The predicted molar refractivity (Wildman–Crippen MR) is 37.3 cm³/mol. The molecule has 15 heavy (non-hydrogen) atoms. The maximum atomic E-state index is 10.6. The van der Waals surface area contributed by atoms with Gasteiger partial charge >= 0.3 is 18.3 Å². The van der Waals surface area contributed by atoms with E-state index in [0.29, 0.717) is 0 Å². The van der Waals surface area contributed by atoms with Crippen LogP contribution in [0.3, 0.4) is 0 Å². The van der Waals surface area contributed by atoms with Gasteiger partial charge < -0.3 is 15.0 Å². The number of aliphatic carboxylic acids is 2. The van der Waals surface area contributed by atoms with E-state index in [-0.39, 0.29) is 9.90 Å². The van der Waals surface area contributed by atoms with Gasteiger partial charge in [0.2, 0.25) is 0 Å².